The van der Waals surface area contributed by atoms with Crippen molar-refractivity contribution in [1.29, 1.82) is 0 Å². The predicted octanol–water partition coefficient (Wildman–Crippen LogP) is 2.37. The lowest BCUT2D eigenvalue weighted by Gasteiger charge is -2.30. The lowest BCUT2D eigenvalue weighted by Crippen LogP contribution is -2.37. The number of pyridine rings is 1. The Labute approximate surface area is 142 Å². The summed E-state index contributed by atoms with van der Waals surface area (Å²) in [6.07, 6.45) is 7.62. The number of hydrogen-bond acceptors (Lipinski definition) is 6. The van der Waals surface area contributed by atoms with Crippen LogP contribution in [0.3, 0.4) is 0 Å². The molecule has 1 N–H and O–H groups in total. The molecule has 0 saturated carbocycles. The second-order valence-electron chi connectivity index (χ2n) is 6.60. The molecule has 124 valence electrons. The molecule has 0 radical (unpaired) electrons. The van der Waals surface area contributed by atoms with Gasteiger partial charge in [-0.15, -0.1) is 0 Å². The van der Waals surface area contributed by atoms with Crippen LogP contribution in [0.1, 0.15) is 31.0 Å². The van der Waals surface area contributed by atoms with Gasteiger partial charge in [0.25, 0.3) is 0 Å². The Morgan fingerprint density at radius 3 is 2.75 bits per heavy atom. The molecule has 6 heteroatoms. The molecule has 2 aromatic heterocycles. The third-order valence-electron chi connectivity index (χ3n) is 4.86. The van der Waals surface area contributed by atoms with E-state index in [0.29, 0.717) is 12.6 Å². The molecule has 24 heavy (non-hydrogen) atoms. The predicted molar refractivity (Wildman–Crippen MR) is 95.3 cm³/mol. The van der Waals surface area contributed by atoms with Crippen molar-refractivity contribution in [2.24, 2.45) is 4.99 Å². The van der Waals surface area contributed by atoms with E-state index in [1.54, 1.807) is 12.4 Å². The zero-order valence-electron chi connectivity index (χ0n) is 14.2. The van der Waals surface area contributed by atoms with E-state index >= 15 is 0 Å². The van der Waals surface area contributed by atoms with Gasteiger partial charge in [0.05, 0.1) is 12.2 Å². The molecule has 0 spiro atoms. The Morgan fingerprint density at radius 2 is 1.92 bits per heavy atom. The lowest BCUT2D eigenvalue weighted by molar-refractivity contribution is 0.263. The topological polar surface area (TPSA) is 66.3 Å². The maximum atomic E-state index is 4.57. The first kappa shape index (κ1) is 15.2. The highest BCUT2D eigenvalue weighted by Crippen LogP contribution is 2.28. The zero-order chi connectivity index (χ0) is 16.5. The maximum Gasteiger partial charge on any atom is 0.152 e. The first-order valence-corrected chi connectivity index (χ1v) is 8.47. The molecule has 2 aliphatic heterocycles. The second kappa shape index (κ2) is 6.28. The van der Waals surface area contributed by atoms with Crippen LogP contribution in [-0.2, 0) is 6.54 Å². The summed E-state index contributed by atoms with van der Waals surface area (Å²) in [4.78, 5) is 20.5. The van der Waals surface area contributed by atoms with Gasteiger partial charge in [-0.2, -0.15) is 0 Å². The fraction of sp³-hybridized carbons (Fsp3) is 0.444. The fourth-order valence-corrected chi connectivity index (χ4v) is 3.34. The highest BCUT2D eigenvalue weighted by molar-refractivity contribution is 6.02. The quantitative estimate of drug-likeness (QED) is 0.940. The van der Waals surface area contributed by atoms with Gasteiger partial charge in [-0.3, -0.25) is 15.0 Å². The van der Waals surface area contributed by atoms with Gasteiger partial charge in [-0.05, 0) is 46.0 Å². The molecule has 0 aromatic carbocycles. The van der Waals surface area contributed by atoms with Crippen molar-refractivity contribution >= 4 is 11.5 Å². The Morgan fingerprint density at radius 1 is 1.12 bits per heavy atom. The van der Waals surface area contributed by atoms with Gasteiger partial charge < -0.3 is 10.2 Å². The van der Waals surface area contributed by atoms with E-state index in [1.165, 1.54) is 0 Å². The molecule has 6 nitrogen and oxygen atoms in total. The summed E-state index contributed by atoms with van der Waals surface area (Å²) in [5.41, 5.74) is 5.08. The van der Waals surface area contributed by atoms with Gasteiger partial charge in [0.15, 0.2) is 5.82 Å². The molecule has 1 saturated heterocycles. The summed E-state index contributed by atoms with van der Waals surface area (Å²) < 4.78 is 0. The SMILES string of the molecule is CC1=NCc2ncc(-c3nccnc3NC3CCN(C)CC3)cc21. The number of hydrogen-bond donors (Lipinski definition) is 1. The van der Waals surface area contributed by atoms with Gasteiger partial charge in [0, 0.05) is 41.5 Å². The third kappa shape index (κ3) is 2.89. The minimum absolute atomic E-state index is 0.447. The molecular formula is C18H22N6. The van der Waals surface area contributed by atoms with E-state index < -0.39 is 0 Å². The van der Waals surface area contributed by atoms with Crippen LogP contribution in [-0.4, -0.2) is 51.7 Å². The van der Waals surface area contributed by atoms with Crippen molar-refractivity contribution in [2.45, 2.75) is 32.4 Å². The van der Waals surface area contributed by atoms with Crippen LogP contribution in [0.4, 0.5) is 5.82 Å². The number of anilines is 1. The minimum Gasteiger partial charge on any atom is -0.365 e. The largest absolute Gasteiger partial charge is 0.365 e. The number of rotatable bonds is 3. The van der Waals surface area contributed by atoms with Crippen LogP contribution in [0.5, 0.6) is 0 Å². The van der Waals surface area contributed by atoms with Crippen molar-refractivity contribution < 1.29 is 0 Å². The second-order valence-corrected chi connectivity index (χ2v) is 6.60. The summed E-state index contributed by atoms with van der Waals surface area (Å²) in [6.45, 7) is 4.95. The molecule has 0 atom stereocenters. The van der Waals surface area contributed by atoms with Crippen LogP contribution in [0.15, 0.2) is 29.6 Å². The number of piperidine rings is 1. The summed E-state index contributed by atoms with van der Waals surface area (Å²) in [5, 5.41) is 3.59. The maximum absolute atomic E-state index is 4.57. The summed E-state index contributed by atoms with van der Waals surface area (Å²) in [6, 6.07) is 2.58. The number of aromatic nitrogens is 3. The summed E-state index contributed by atoms with van der Waals surface area (Å²) in [7, 11) is 2.17. The molecule has 0 aliphatic carbocycles. The monoisotopic (exact) mass is 322 g/mol. The molecule has 4 heterocycles. The Balaban J connectivity index is 1.62. The van der Waals surface area contributed by atoms with E-state index in [2.05, 4.69) is 43.3 Å². The van der Waals surface area contributed by atoms with Gasteiger partial charge in [-0.25, -0.2) is 4.98 Å². The molecule has 0 bridgehead atoms. The van der Waals surface area contributed by atoms with Gasteiger partial charge in [0.2, 0.25) is 0 Å². The van der Waals surface area contributed by atoms with E-state index in [9.17, 15) is 0 Å². The van der Waals surface area contributed by atoms with Crippen LogP contribution in [0.25, 0.3) is 11.3 Å². The van der Waals surface area contributed by atoms with Crippen LogP contribution < -0.4 is 5.32 Å². The van der Waals surface area contributed by atoms with Gasteiger partial charge in [-0.1, -0.05) is 0 Å². The smallest absolute Gasteiger partial charge is 0.152 e. The molecule has 4 rings (SSSR count). The van der Waals surface area contributed by atoms with E-state index in [-0.39, 0.29) is 0 Å². The number of nitrogens with zero attached hydrogens (tertiary/aromatic N) is 5. The average Bonchev–Trinajstić information content (AvgIpc) is 2.98. The van der Waals surface area contributed by atoms with Crippen molar-refractivity contribution in [1.82, 2.24) is 19.9 Å². The molecule has 1 fully saturated rings. The Kier molecular flexibility index (Phi) is 3.98. The highest BCUT2D eigenvalue weighted by atomic mass is 15.1. The number of fused-ring (bicyclic) bond motifs is 1. The van der Waals surface area contributed by atoms with Gasteiger partial charge >= 0.3 is 0 Å². The van der Waals surface area contributed by atoms with Crippen LogP contribution in [0, 0.1) is 0 Å². The van der Waals surface area contributed by atoms with E-state index in [1.807, 2.05) is 13.1 Å². The van der Waals surface area contributed by atoms with E-state index in [0.717, 1.165) is 60.0 Å². The first-order valence-electron chi connectivity index (χ1n) is 8.47. The normalized spacial score (nSPS) is 18.3. The van der Waals surface area contributed by atoms with Crippen LogP contribution in [0.2, 0.25) is 0 Å². The summed E-state index contributed by atoms with van der Waals surface area (Å²) in [5.74, 6) is 0.849. The first-order chi connectivity index (χ1) is 11.7. The Bertz CT molecular complexity index is 777. The third-order valence-corrected chi connectivity index (χ3v) is 4.86. The molecule has 0 unspecified atom stereocenters. The fourth-order valence-electron chi connectivity index (χ4n) is 3.34. The molecular weight excluding hydrogens is 300 g/mol. The molecule has 2 aromatic rings. The Hall–Kier alpha value is -2.34. The van der Waals surface area contributed by atoms with E-state index in [4.69, 9.17) is 0 Å². The standard InChI is InChI=1S/C18H22N6/c1-12-15-9-13(10-22-16(15)11-21-12)17-18(20-6-5-19-17)23-14-3-7-24(2)8-4-14/h5-6,9-10,14H,3-4,7-8,11H2,1-2H3,(H,20,23). The number of likely N-dealkylation sites (tertiary alicyclic amines) is 1. The van der Waals surface area contributed by atoms with Crippen molar-refractivity contribution in [3.05, 3.63) is 35.9 Å². The van der Waals surface area contributed by atoms with Gasteiger partial charge in [0.1, 0.15) is 5.69 Å². The lowest BCUT2D eigenvalue weighted by atomic mass is 10.0. The summed E-state index contributed by atoms with van der Waals surface area (Å²) >= 11 is 0. The molecule has 0 amide bonds. The minimum atomic E-state index is 0.447. The number of nitrogens with one attached hydrogen (secondary N) is 1. The average molecular weight is 322 g/mol. The van der Waals surface area contributed by atoms with Crippen molar-refractivity contribution in [2.75, 3.05) is 25.5 Å². The van der Waals surface area contributed by atoms with Crippen molar-refractivity contribution in [3.8, 4) is 11.3 Å². The molecule has 2 aliphatic rings. The van der Waals surface area contributed by atoms with Crippen LogP contribution >= 0.6 is 0 Å². The highest BCUT2D eigenvalue weighted by Gasteiger charge is 2.20. The van der Waals surface area contributed by atoms with Crippen molar-refractivity contribution in [3.63, 3.8) is 0 Å². The zero-order valence-corrected chi connectivity index (χ0v) is 14.2. The number of aliphatic imine (C=N–C) groups is 1.